The smallest absolute Gasteiger partial charge is 0.345 e. The Morgan fingerprint density at radius 3 is 2.75 bits per heavy atom. The van der Waals surface area contributed by atoms with Crippen molar-refractivity contribution in [2.24, 2.45) is 0 Å². The van der Waals surface area contributed by atoms with Gasteiger partial charge in [0.15, 0.2) is 0 Å². The molecule has 0 aromatic carbocycles. The van der Waals surface area contributed by atoms with E-state index >= 15 is 0 Å². The number of rotatable bonds is 9. The number of hydrogen-bond acceptors (Lipinski definition) is 5. The van der Waals surface area contributed by atoms with Crippen molar-refractivity contribution in [1.82, 2.24) is 5.32 Å². The summed E-state index contributed by atoms with van der Waals surface area (Å²) in [5.74, 6) is -1.19. The Morgan fingerprint density at radius 1 is 1.40 bits per heavy atom. The summed E-state index contributed by atoms with van der Waals surface area (Å²) in [7, 11) is 0. The van der Waals surface area contributed by atoms with Gasteiger partial charge in [-0.3, -0.25) is 4.79 Å². The summed E-state index contributed by atoms with van der Waals surface area (Å²) in [5, 5.41) is 11.5. The van der Waals surface area contributed by atoms with Crippen LogP contribution in [0.4, 0.5) is 0 Å². The van der Waals surface area contributed by atoms with Gasteiger partial charge in [0.05, 0.1) is 19.8 Å². The molecule has 0 aliphatic carbocycles. The maximum absolute atomic E-state index is 11.7. The Hall–Kier alpha value is -1.44. The first-order valence-electron chi connectivity index (χ1n) is 6.33. The van der Waals surface area contributed by atoms with Gasteiger partial charge in [0.25, 0.3) is 0 Å². The van der Waals surface area contributed by atoms with Crippen molar-refractivity contribution in [2.75, 3.05) is 19.8 Å². The molecular formula is C13H19NO5S. The summed E-state index contributed by atoms with van der Waals surface area (Å²) in [5.41, 5.74) is 0. The van der Waals surface area contributed by atoms with Crippen LogP contribution in [-0.2, 0) is 20.8 Å². The summed E-state index contributed by atoms with van der Waals surface area (Å²) in [4.78, 5) is 23.5. The Labute approximate surface area is 121 Å². The maximum atomic E-state index is 11.7. The molecule has 0 saturated heterocycles. The van der Waals surface area contributed by atoms with Crippen molar-refractivity contribution in [1.29, 1.82) is 0 Å². The largest absolute Gasteiger partial charge is 0.477 e. The molecule has 0 radical (unpaired) electrons. The minimum atomic E-state index is -0.958. The summed E-state index contributed by atoms with van der Waals surface area (Å²) < 4.78 is 10.4. The predicted molar refractivity (Wildman–Crippen MR) is 75.0 cm³/mol. The first kappa shape index (κ1) is 16.6. The van der Waals surface area contributed by atoms with Gasteiger partial charge in [-0.25, -0.2) is 4.79 Å². The fourth-order valence-corrected chi connectivity index (χ4v) is 2.20. The summed E-state index contributed by atoms with van der Waals surface area (Å²) in [6, 6.07) is 3.21. The first-order chi connectivity index (χ1) is 9.54. The van der Waals surface area contributed by atoms with E-state index in [1.807, 2.05) is 6.92 Å². The number of carbonyl (C=O) groups excluding carboxylic acids is 1. The number of thiophene rings is 1. The van der Waals surface area contributed by atoms with Crippen LogP contribution in [-0.4, -0.2) is 42.9 Å². The van der Waals surface area contributed by atoms with Crippen molar-refractivity contribution in [3.05, 3.63) is 21.9 Å². The molecule has 1 heterocycles. The summed E-state index contributed by atoms with van der Waals surface area (Å²) in [6.45, 7) is 5.30. The molecule has 0 spiro atoms. The second kappa shape index (κ2) is 8.68. The molecule has 0 bridgehead atoms. The van der Waals surface area contributed by atoms with Gasteiger partial charge in [-0.15, -0.1) is 11.3 Å². The average Bonchev–Trinajstić information content (AvgIpc) is 2.89. The van der Waals surface area contributed by atoms with Crippen LogP contribution in [0, 0.1) is 0 Å². The molecule has 20 heavy (non-hydrogen) atoms. The Morgan fingerprint density at radius 2 is 2.15 bits per heavy atom. The number of aromatic carboxylic acids is 1. The Bertz CT molecular complexity index is 446. The lowest BCUT2D eigenvalue weighted by Gasteiger charge is -2.12. The van der Waals surface area contributed by atoms with Crippen molar-refractivity contribution in [3.63, 3.8) is 0 Å². The van der Waals surface area contributed by atoms with Crippen molar-refractivity contribution in [3.8, 4) is 0 Å². The SMILES string of the molecule is CCOCCOC(C)C(=O)NCc1ccc(C(=O)O)s1. The van der Waals surface area contributed by atoms with E-state index in [1.54, 1.807) is 13.0 Å². The molecule has 0 aliphatic heterocycles. The highest BCUT2D eigenvalue weighted by molar-refractivity contribution is 7.13. The molecule has 1 aromatic heterocycles. The van der Waals surface area contributed by atoms with E-state index < -0.39 is 12.1 Å². The molecule has 1 amide bonds. The fourth-order valence-electron chi connectivity index (χ4n) is 1.41. The third-order valence-electron chi connectivity index (χ3n) is 2.48. The predicted octanol–water partition coefficient (Wildman–Crippen LogP) is 1.50. The maximum Gasteiger partial charge on any atom is 0.345 e. The molecular weight excluding hydrogens is 282 g/mol. The molecule has 0 saturated carbocycles. The van der Waals surface area contributed by atoms with Crippen LogP contribution in [0.2, 0.25) is 0 Å². The topological polar surface area (TPSA) is 84.9 Å². The van der Waals surface area contributed by atoms with Gasteiger partial charge >= 0.3 is 5.97 Å². The van der Waals surface area contributed by atoms with Crippen LogP contribution in [0.15, 0.2) is 12.1 Å². The van der Waals surface area contributed by atoms with Gasteiger partial charge in [-0.1, -0.05) is 0 Å². The van der Waals surface area contributed by atoms with Crippen molar-refractivity contribution >= 4 is 23.2 Å². The van der Waals surface area contributed by atoms with E-state index in [0.29, 0.717) is 26.4 Å². The molecule has 6 nitrogen and oxygen atoms in total. The number of carboxylic acids is 1. The highest BCUT2D eigenvalue weighted by Crippen LogP contribution is 2.16. The van der Waals surface area contributed by atoms with E-state index in [0.717, 1.165) is 16.2 Å². The lowest BCUT2D eigenvalue weighted by Crippen LogP contribution is -2.34. The standard InChI is InChI=1S/C13H19NO5S/c1-3-18-6-7-19-9(2)12(15)14-8-10-4-5-11(20-10)13(16)17/h4-5,9H,3,6-8H2,1-2H3,(H,14,15)(H,16,17). The minimum absolute atomic E-state index is 0.230. The summed E-state index contributed by atoms with van der Waals surface area (Å²) in [6.07, 6.45) is -0.561. The molecule has 1 rings (SSSR count). The molecule has 0 fully saturated rings. The second-order valence-corrected chi connectivity index (χ2v) is 5.17. The van der Waals surface area contributed by atoms with Gasteiger partial charge in [0.1, 0.15) is 11.0 Å². The fraction of sp³-hybridized carbons (Fsp3) is 0.538. The zero-order chi connectivity index (χ0) is 15.0. The average molecular weight is 301 g/mol. The number of nitrogens with one attached hydrogen (secondary N) is 1. The molecule has 0 aliphatic rings. The molecule has 1 atom stereocenters. The van der Waals surface area contributed by atoms with Gasteiger partial charge in [0.2, 0.25) is 5.91 Å². The molecule has 1 unspecified atom stereocenters. The lowest BCUT2D eigenvalue weighted by atomic mass is 10.3. The van der Waals surface area contributed by atoms with Crippen LogP contribution in [0.5, 0.6) is 0 Å². The quantitative estimate of drug-likeness (QED) is 0.675. The van der Waals surface area contributed by atoms with Crippen LogP contribution in [0.25, 0.3) is 0 Å². The van der Waals surface area contributed by atoms with Gasteiger partial charge in [-0.2, -0.15) is 0 Å². The van der Waals surface area contributed by atoms with E-state index in [1.165, 1.54) is 6.07 Å². The number of hydrogen-bond donors (Lipinski definition) is 2. The highest BCUT2D eigenvalue weighted by atomic mass is 32.1. The third-order valence-corrected chi connectivity index (χ3v) is 3.55. The first-order valence-corrected chi connectivity index (χ1v) is 7.15. The normalized spacial score (nSPS) is 12.1. The van der Waals surface area contributed by atoms with Crippen LogP contribution in [0.1, 0.15) is 28.4 Å². The second-order valence-electron chi connectivity index (χ2n) is 4.00. The van der Waals surface area contributed by atoms with E-state index in [2.05, 4.69) is 5.32 Å². The van der Waals surface area contributed by atoms with Crippen molar-refractivity contribution < 1.29 is 24.2 Å². The van der Waals surface area contributed by atoms with Crippen molar-refractivity contribution in [2.45, 2.75) is 26.5 Å². The van der Waals surface area contributed by atoms with E-state index in [-0.39, 0.29) is 10.8 Å². The summed E-state index contributed by atoms with van der Waals surface area (Å²) >= 11 is 1.14. The van der Waals surface area contributed by atoms with Crippen LogP contribution >= 0.6 is 11.3 Å². The zero-order valence-electron chi connectivity index (χ0n) is 11.5. The number of ether oxygens (including phenoxy) is 2. The van der Waals surface area contributed by atoms with Gasteiger partial charge < -0.3 is 19.9 Å². The van der Waals surface area contributed by atoms with Gasteiger partial charge in [-0.05, 0) is 26.0 Å². The molecule has 7 heteroatoms. The van der Waals surface area contributed by atoms with Crippen LogP contribution in [0.3, 0.4) is 0 Å². The van der Waals surface area contributed by atoms with Gasteiger partial charge in [0, 0.05) is 11.5 Å². The number of amides is 1. The number of carbonyl (C=O) groups is 2. The molecule has 2 N–H and O–H groups in total. The minimum Gasteiger partial charge on any atom is -0.477 e. The lowest BCUT2D eigenvalue weighted by molar-refractivity contribution is -0.132. The van der Waals surface area contributed by atoms with E-state index in [4.69, 9.17) is 14.6 Å². The molecule has 112 valence electrons. The Balaban J connectivity index is 2.29. The zero-order valence-corrected chi connectivity index (χ0v) is 12.4. The van der Waals surface area contributed by atoms with Crippen LogP contribution < -0.4 is 5.32 Å². The molecule has 1 aromatic rings. The number of carboxylic acid groups (broad SMARTS) is 1. The third kappa shape index (κ3) is 5.68. The monoisotopic (exact) mass is 301 g/mol. The Kier molecular flexibility index (Phi) is 7.21. The highest BCUT2D eigenvalue weighted by Gasteiger charge is 2.13. The van der Waals surface area contributed by atoms with E-state index in [9.17, 15) is 9.59 Å².